The first kappa shape index (κ1) is 47.0. The molecule has 6 aromatic rings. The van der Waals surface area contributed by atoms with Crippen molar-refractivity contribution in [3.05, 3.63) is 123 Å². The number of thiophene rings is 1. The molecule has 0 radical (unpaired) electrons. The van der Waals surface area contributed by atoms with Crippen LogP contribution in [-0.2, 0) is 19.2 Å². The van der Waals surface area contributed by atoms with Crippen molar-refractivity contribution in [1.29, 1.82) is 0 Å². The van der Waals surface area contributed by atoms with Gasteiger partial charge in [-0.05, 0) is 80.0 Å². The van der Waals surface area contributed by atoms with Gasteiger partial charge in [0.1, 0.15) is 34.7 Å². The molecule has 3 unspecified atom stereocenters. The van der Waals surface area contributed by atoms with E-state index >= 15 is 0 Å². The SMILES string of the molecule is Cc1ncsc1-c1ccc(C(C)NC(=O)[C@@H]2C[C@@H](O)CN2C(=O)C(NC(=O)COc2ccc(-c3ccc(C4=NC(CC(=O)O)c5nnc(C)n5-c5sc(C)c(C)c54)cc3)cc2)C(C)(C)C)cc1. The minimum atomic E-state index is -1.01. The Bertz CT molecular complexity index is 2860. The van der Waals surface area contributed by atoms with E-state index in [1.54, 1.807) is 34.8 Å². The van der Waals surface area contributed by atoms with Gasteiger partial charge in [-0.1, -0.05) is 81.4 Å². The van der Waals surface area contributed by atoms with E-state index in [4.69, 9.17) is 9.73 Å². The molecule has 3 aromatic carbocycles. The predicted octanol–water partition coefficient (Wildman–Crippen LogP) is 7.47. The van der Waals surface area contributed by atoms with E-state index in [-0.39, 0.29) is 37.9 Å². The lowest BCUT2D eigenvalue weighted by Gasteiger charge is -2.35. The number of hydrogen-bond donors (Lipinski definition) is 4. The summed E-state index contributed by atoms with van der Waals surface area (Å²) in [5, 5.41) is 35.9. The van der Waals surface area contributed by atoms with Crippen molar-refractivity contribution in [3.63, 3.8) is 0 Å². The third-order valence-electron chi connectivity index (χ3n) is 12.4. The van der Waals surface area contributed by atoms with Gasteiger partial charge >= 0.3 is 5.97 Å². The summed E-state index contributed by atoms with van der Waals surface area (Å²) in [6.07, 6.45) is -1.05. The van der Waals surface area contributed by atoms with Gasteiger partial charge in [-0.25, -0.2) is 4.98 Å². The van der Waals surface area contributed by atoms with Gasteiger partial charge in [-0.2, -0.15) is 0 Å². The van der Waals surface area contributed by atoms with Crippen LogP contribution in [0.15, 0.2) is 83.3 Å². The number of rotatable bonds is 13. The zero-order valence-electron chi connectivity index (χ0n) is 38.7. The average Bonchev–Trinajstić information content (AvgIpc) is 4.06. The highest BCUT2D eigenvalue weighted by molar-refractivity contribution is 7.15. The molecule has 2 aliphatic heterocycles. The Hall–Kier alpha value is -6.56. The first-order chi connectivity index (χ1) is 31.9. The van der Waals surface area contributed by atoms with Crippen LogP contribution in [0.4, 0.5) is 0 Å². The molecule has 0 bridgehead atoms. The molecule has 2 aliphatic rings. The number of β-amino-alcohol motifs (C(OH)–C–C–N with tert-alkyl or cyclic N) is 1. The smallest absolute Gasteiger partial charge is 0.306 e. The van der Waals surface area contributed by atoms with E-state index in [1.165, 1.54) is 4.90 Å². The molecule has 5 atom stereocenters. The van der Waals surface area contributed by atoms with E-state index < -0.39 is 47.4 Å². The van der Waals surface area contributed by atoms with Gasteiger partial charge in [-0.15, -0.1) is 32.9 Å². The quantitative estimate of drug-likeness (QED) is 0.0900. The van der Waals surface area contributed by atoms with Crippen LogP contribution >= 0.6 is 22.7 Å². The van der Waals surface area contributed by atoms with Crippen molar-refractivity contribution in [3.8, 4) is 32.3 Å². The molecule has 0 saturated carbocycles. The van der Waals surface area contributed by atoms with Gasteiger partial charge in [0, 0.05) is 29.0 Å². The number of aryl methyl sites for hydroxylation is 3. The number of aliphatic hydroxyl groups is 1. The molecule has 15 nitrogen and oxygen atoms in total. The zero-order valence-corrected chi connectivity index (χ0v) is 40.3. The van der Waals surface area contributed by atoms with Crippen molar-refractivity contribution in [1.82, 2.24) is 35.3 Å². The number of aliphatic hydroxyl groups excluding tert-OH is 1. The molecule has 4 N–H and O–H groups in total. The second-order valence-electron chi connectivity index (χ2n) is 18.3. The molecular weight excluding hydrogens is 889 g/mol. The molecule has 5 heterocycles. The molecule has 1 saturated heterocycles. The summed E-state index contributed by atoms with van der Waals surface area (Å²) in [7, 11) is 0. The van der Waals surface area contributed by atoms with Crippen LogP contribution in [0.25, 0.3) is 26.6 Å². The van der Waals surface area contributed by atoms with Crippen molar-refractivity contribution in [2.24, 2.45) is 10.4 Å². The van der Waals surface area contributed by atoms with Crippen LogP contribution in [0.1, 0.15) is 97.1 Å². The zero-order chi connectivity index (χ0) is 47.9. The first-order valence-corrected chi connectivity index (χ1v) is 23.8. The second kappa shape index (κ2) is 19.0. The number of ether oxygens (including phenoxy) is 1. The lowest BCUT2D eigenvalue weighted by molar-refractivity contribution is -0.144. The fourth-order valence-corrected chi connectivity index (χ4v) is 10.6. The standard InChI is InChI=1S/C50H54N8O7S2/c1-26-29(4)67-49-42(26)43(53-38(22-41(61)62)46-56-55-30(5)58(46)49)34-13-11-32(12-14-34)33-17-19-37(20-18-33)65-24-40(60)54-45(50(6,7)8)48(64)57-23-36(59)21-39(57)47(63)52-27(2)31-9-15-35(16-10-31)44-28(3)51-25-66-44/h9-20,25,27,36,38-39,45,59H,21-24H2,1-8H3,(H,52,63)(H,54,60)(H,61,62)/t27?,36-,38?,39+,45?/m1/s1. The minimum Gasteiger partial charge on any atom is -0.484 e. The maximum absolute atomic E-state index is 14.2. The summed E-state index contributed by atoms with van der Waals surface area (Å²) >= 11 is 3.18. The van der Waals surface area contributed by atoms with Crippen LogP contribution in [0.5, 0.6) is 5.75 Å². The van der Waals surface area contributed by atoms with Crippen molar-refractivity contribution in [2.75, 3.05) is 13.2 Å². The Balaban J connectivity index is 0.902. The van der Waals surface area contributed by atoms with Crippen LogP contribution in [0.2, 0.25) is 0 Å². The summed E-state index contributed by atoms with van der Waals surface area (Å²) in [6, 6.07) is 20.1. The van der Waals surface area contributed by atoms with Gasteiger partial charge in [0.2, 0.25) is 11.8 Å². The highest BCUT2D eigenvalue weighted by Gasteiger charge is 2.45. The normalized spacial score (nSPS) is 17.7. The number of aromatic nitrogens is 4. The molecular formula is C50H54N8O7S2. The highest BCUT2D eigenvalue weighted by Crippen LogP contribution is 2.40. The van der Waals surface area contributed by atoms with Gasteiger partial charge in [0.05, 0.1) is 40.4 Å². The van der Waals surface area contributed by atoms with E-state index in [9.17, 15) is 29.4 Å². The molecule has 0 spiro atoms. The number of aliphatic carboxylic acids is 1. The largest absolute Gasteiger partial charge is 0.484 e. The Labute approximate surface area is 397 Å². The van der Waals surface area contributed by atoms with E-state index in [2.05, 4.69) is 32.7 Å². The van der Waals surface area contributed by atoms with E-state index in [1.807, 2.05) is 119 Å². The Kier molecular flexibility index (Phi) is 13.3. The molecule has 1 fully saturated rings. The third kappa shape index (κ3) is 9.80. The number of nitrogens with zero attached hydrogens (tertiary/aromatic N) is 6. The molecule has 3 amide bonds. The summed E-state index contributed by atoms with van der Waals surface area (Å²) in [4.78, 5) is 66.3. The maximum Gasteiger partial charge on any atom is 0.306 e. The third-order valence-corrected chi connectivity index (χ3v) is 14.6. The van der Waals surface area contributed by atoms with Crippen LogP contribution in [0, 0.1) is 33.1 Å². The van der Waals surface area contributed by atoms with Crippen molar-refractivity contribution in [2.45, 2.75) is 98.5 Å². The Morgan fingerprint density at radius 2 is 1.52 bits per heavy atom. The summed E-state index contributed by atoms with van der Waals surface area (Å²) < 4.78 is 7.82. The highest BCUT2D eigenvalue weighted by atomic mass is 32.1. The number of carboxylic acid groups (broad SMARTS) is 1. The fraction of sp³-hybridized carbons (Fsp3) is 0.360. The molecule has 0 aliphatic carbocycles. The van der Waals surface area contributed by atoms with E-state index in [0.717, 1.165) is 59.4 Å². The van der Waals surface area contributed by atoms with Gasteiger partial charge in [-0.3, -0.25) is 28.7 Å². The number of carbonyl (C=O) groups is 4. The maximum atomic E-state index is 14.2. The number of amides is 3. The number of benzene rings is 3. The van der Waals surface area contributed by atoms with E-state index in [0.29, 0.717) is 23.1 Å². The van der Waals surface area contributed by atoms with Gasteiger partial charge in [0.15, 0.2) is 12.4 Å². The van der Waals surface area contributed by atoms with Crippen molar-refractivity contribution >= 4 is 52.1 Å². The summed E-state index contributed by atoms with van der Waals surface area (Å²) in [5.41, 5.74) is 9.32. The number of fused-ring (bicyclic) bond motifs is 3. The van der Waals surface area contributed by atoms with Crippen LogP contribution in [0.3, 0.4) is 0 Å². The molecule has 8 rings (SSSR count). The molecule has 3 aromatic heterocycles. The number of likely N-dealkylation sites (tertiary alicyclic amines) is 1. The average molecular weight is 943 g/mol. The Morgan fingerprint density at radius 3 is 2.15 bits per heavy atom. The molecule has 67 heavy (non-hydrogen) atoms. The van der Waals surface area contributed by atoms with Gasteiger partial charge in [0.25, 0.3) is 5.91 Å². The number of thiazole rings is 1. The lowest BCUT2D eigenvalue weighted by atomic mass is 9.85. The number of hydrogen-bond acceptors (Lipinski definition) is 12. The molecule has 348 valence electrons. The monoisotopic (exact) mass is 942 g/mol. The second-order valence-corrected chi connectivity index (χ2v) is 20.3. The Morgan fingerprint density at radius 1 is 0.881 bits per heavy atom. The fourth-order valence-electron chi connectivity index (χ4n) is 8.62. The van der Waals surface area contributed by atoms with Crippen LogP contribution in [-0.4, -0.2) is 95.6 Å². The lowest BCUT2D eigenvalue weighted by Crippen LogP contribution is -2.58. The number of carboxylic acids is 1. The van der Waals surface area contributed by atoms with Gasteiger partial charge < -0.3 is 30.5 Å². The summed E-state index contributed by atoms with van der Waals surface area (Å²) in [5.74, 6) is -0.720. The molecule has 17 heteroatoms. The van der Waals surface area contributed by atoms with Crippen molar-refractivity contribution < 1.29 is 34.1 Å². The predicted molar refractivity (Wildman–Crippen MR) is 258 cm³/mol. The first-order valence-electron chi connectivity index (χ1n) is 22.1. The topological polar surface area (TPSA) is 201 Å². The number of carbonyl (C=O) groups excluding carboxylic acids is 3. The number of nitrogens with one attached hydrogen (secondary N) is 2. The van der Waals surface area contributed by atoms with Crippen LogP contribution < -0.4 is 15.4 Å². The summed E-state index contributed by atoms with van der Waals surface area (Å²) in [6.45, 7) is 14.9. The number of aliphatic imine (C=N–C) groups is 1. The minimum absolute atomic E-state index is 0.0382.